The monoisotopic (exact) mass is 265 g/mol. The molecule has 0 saturated heterocycles. The van der Waals surface area contributed by atoms with Crippen LogP contribution < -0.4 is 11.5 Å². The van der Waals surface area contributed by atoms with E-state index >= 15 is 0 Å². The largest absolute Gasteiger partial charge is 0.330 e. The Balaban J connectivity index is 0.00000144. The third-order valence-electron chi connectivity index (χ3n) is 1.63. The summed E-state index contributed by atoms with van der Waals surface area (Å²) in [5, 5.41) is 0. The number of nitrogens with zero attached hydrogens (tertiary/aromatic N) is 1. The van der Waals surface area contributed by atoms with Gasteiger partial charge < -0.3 is 11.5 Å². The Morgan fingerprint density at radius 1 is 1.46 bits per heavy atom. The van der Waals surface area contributed by atoms with E-state index in [-0.39, 0.29) is 18.4 Å². The highest BCUT2D eigenvalue weighted by molar-refractivity contribution is 9.10. The molecule has 1 atom stereocenters. The maximum atomic E-state index is 5.83. The van der Waals surface area contributed by atoms with Crippen LogP contribution >= 0.6 is 28.3 Å². The summed E-state index contributed by atoms with van der Waals surface area (Å²) in [4.78, 5) is 4.02. The summed E-state index contributed by atoms with van der Waals surface area (Å²) in [6, 6.07) is 1.97. The second kappa shape index (κ2) is 6.32. The van der Waals surface area contributed by atoms with Gasteiger partial charge in [0.25, 0.3) is 0 Å². The highest BCUT2D eigenvalue weighted by atomic mass is 79.9. The van der Waals surface area contributed by atoms with Crippen molar-refractivity contribution >= 4 is 28.3 Å². The fraction of sp³-hybridized carbons (Fsp3) is 0.375. The minimum atomic E-state index is -0.000000000000000222. The molecule has 0 radical (unpaired) electrons. The summed E-state index contributed by atoms with van der Waals surface area (Å²) in [5.74, 6) is 0. The van der Waals surface area contributed by atoms with Gasteiger partial charge in [-0.2, -0.15) is 0 Å². The van der Waals surface area contributed by atoms with Crippen LogP contribution in [-0.4, -0.2) is 11.5 Å². The lowest BCUT2D eigenvalue weighted by Gasteiger charge is -2.09. The van der Waals surface area contributed by atoms with E-state index in [9.17, 15) is 0 Å². The van der Waals surface area contributed by atoms with Gasteiger partial charge in [-0.15, -0.1) is 12.4 Å². The molecular weight excluding hydrogens is 253 g/mol. The quantitative estimate of drug-likeness (QED) is 0.874. The van der Waals surface area contributed by atoms with E-state index in [0.29, 0.717) is 6.54 Å². The van der Waals surface area contributed by atoms with Gasteiger partial charge in [0.2, 0.25) is 0 Å². The average Bonchev–Trinajstić information content (AvgIpc) is 2.05. The van der Waals surface area contributed by atoms with E-state index < -0.39 is 0 Å². The van der Waals surface area contributed by atoms with Gasteiger partial charge in [0.1, 0.15) is 0 Å². The second-order valence-corrected chi connectivity index (χ2v) is 3.54. The minimum absolute atomic E-state index is 0. The zero-order valence-electron chi connectivity index (χ0n) is 7.11. The zero-order chi connectivity index (χ0) is 8.97. The normalized spacial score (nSPS) is 11.9. The smallest absolute Gasteiger partial charge is 0.0410 e. The molecule has 1 rings (SSSR count). The minimum Gasteiger partial charge on any atom is -0.330 e. The highest BCUT2D eigenvalue weighted by Gasteiger charge is 2.04. The van der Waals surface area contributed by atoms with Gasteiger partial charge in [0.15, 0.2) is 0 Å². The van der Waals surface area contributed by atoms with Crippen molar-refractivity contribution in [2.45, 2.75) is 12.5 Å². The fourth-order valence-corrected chi connectivity index (χ4v) is 1.36. The summed E-state index contributed by atoms with van der Waals surface area (Å²) < 4.78 is 0.951. The molecule has 0 aliphatic rings. The maximum absolute atomic E-state index is 5.83. The topological polar surface area (TPSA) is 64.9 Å². The lowest BCUT2D eigenvalue weighted by molar-refractivity contribution is 0.658. The van der Waals surface area contributed by atoms with Gasteiger partial charge in [-0.1, -0.05) is 0 Å². The molecule has 0 bridgehead atoms. The summed E-state index contributed by atoms with van der Waals surface area (Å²) in [7, 11) is 0. The predicted molar refractivity (Wildman–Crippen MR) is 59.8 cm³/mol. The summed E-state index contributed by atoms with van der Waals surface area (Å²) in [6.45, 7) is 0.605. The SMILES string of the molecule is Cl.NCC[C@@H](N)c1cncc(Br)c1. The number of pyridine rings is 1. The Hall–Kier alpha value is -0.160. The Labute approximate surface area is 92.4 Å². The Morgan fingerprint density at radius 2 is 2.15 bits per heavy atom. The summed E-state index contributed by atoms with van der Waals surface area (Å²) >= 11 is 3.33. The van der Waals surface area contributed by atoms with Crippen molar-refractivity contribution in [3.8, 4) is 0 Å². The first-order valence-electron chi connectivity index (χ1n) is 3.80. The van der Waals surface area contributed by atoms with Crippen molar-refractivity contribution in [3.63, 3.8) is 0 Å². The zero-order valence-corrected chi connectivity index (χ0v) is 9.51. The van der Waals surface area contributed by atoms with Crippen LogP contribution in [0.15, 0.2) is 22.9 Å². The molecule has 74 valence electrons. The molecule has 0 fully saturated rings. The van der Waals surface area contributed by atoms with Gasteiger partial charge >= 0.3 is 0 Å². The van der Waals surface area contributed by atoms with Crippen LogP contribution in [0.1, 0.15) is 18.0 Å². The Morgan fingerprint density at radius 3 is 2.69 bits per heavy atom. The van der Waals surface area contributed by atoms with Crippen molar-refractivity contribution < 1.29 is 0 Å². The van der Waals surface area contributed by atoms with E-state index in [1.165, 1.54) is 0 Å². The molecule has 0 amide bonds. The summed E-state index contributed by atoms with van der Waals surface area (Å²) in [6.07, 6.45) is 4.29. The van der Waals surface area contributed by atoms with Crippen molar-refractivity contribution in [2.24, 2.45) is 11.5 Å². The van der Waals surface area contributed by atoms with Crippen LogP contribution in [-0.2, 0) is 0 Å². The molecule has 1 heterocycles. The lowest BCUT2D eigenvalue weighted by Crippen LogP contribution is -2.15. The molecular formula is C8H13BrClN3. The molecule has 4 N–H and O–H groups in total. The number of hydrogen-bond donors (Lipinski definition) is 2. The third-order valence-corrected chi connectivity index (χ3v) is 2.07. The van der Waals surface area contributed by atoms with E-state index in [2.05, 4.69) is 20.9 Å². The fourth-order valence-electron chi connectivity index (χ4n) is 0.977. The number of nitrogens with two attached hydrogens (primary N) is 2. The third kappa shape index (κ3) is 4.04. The van der Waals surface area contributed by atoms with Crippen LogP contribution in [0.5, 0.6) is 0 Å². The van der Waals surface area contributed by atoms with E-state index in [0.717, 1.165) is 16.5 Å². The summed E-state index contributed by atoms with van der Waals surface area (Å²) in [5.41, 5.74) is 12.2. The van der Waals surface area contributed by atoms with Crippen LogP contribution in [0.4, 0.5) is 0 Å². The van der Waals surface area contributed by atoms with Gasteiger partial charge in [-0.05, 0) is 40.5 Å². The van der Waals surface area contributed by atoms with Gasteiger partial charge in [0.05, 0.1) is 0 Å². The number of rotatable bonds is 3. The molecule has 13 heavy (non-hydrogen) atoms. The molecule has 5 heteroatoms. The van der Waals surface area contributed by atoms with Crippen LogP contribution in [0, 0.1) is 0 Å². The van der Waals surface area contributed by atoms with Gasteiger partial charge in [-0.25, -0.2) is 0 Å². The van der Waals surface area contributed by atoms with Crippen molar-refractivity contribution in [2.75, 3.05) is 6.54 Å². The van der Waals surface area contributed by atoms with Crippen molar-refractivity contribution in [1.82, 2.24) is 4.98 Å². The molecule has 0 saturated carbocycles. The van der Waals surface area contributed by atoms with E-state index in [1.54, 1.807) is 12.4 Å². The molecule has 0 aromatic carbocycles. The highest BCUT2D eigenvalue weighted by Crippen LogP contribution is 2.16. The lowest BCUT2D eigenvalue weighted by atomic mass is 10.1. The van der Waals surface area contributed by atoms with Crippen LogP contribution in [0.2, 0.25) is 0 Å². The second-order valence-electron chi connectivity index (χ2n) is 2.62. The first-order chi connectivity index (χ1) is 5.74. The Bertz CT molecular complexity index is 257. The number of hydrogen-bond acceptors (Lipinski definition) is 3. The molecule has 3 nitrogen and oxygen atoms in total. The van der Waals surface area contributed by atoms with Crippen molar-refractivity contribution in [1.29, 1.82) is 0 Å². The maximum Gasteiger partial charge on any atom is 0.0410 e. The molecule has 0 unspecified atom stereocenters. The standard InChI is InChI=1S/C8H12BrN3.ClH/c9-7-3-6(4-12-5-7)8(11)1-2-10;/h3-5,8H,1-2,10-11H2;1H/t8-;/m1./s1. The van der Waals surface area contributed by atoms with Crippen LogP contribution in [0.25, 0.3) is 0 Å². The first kappa shape index (κ1) is 12.8. The number of aromatic nitrogens is 1. The van der Waals surface area contributed by atoms with Gasteiger partial charge in [-0.3, -0.25) is 4.98 Å². The first-order valence-corrected chi connectivity index (χ1v) is 4.59. The van der Waals surface area contributed by atoms with E-state index in [4.69, 9.17) is 11.5 Å². The molecule has 0 aliphatic heterocycles. The van der Waals surface area contributed by atoms with Crippen LogP contribution in [0.3, 0.4) is 0 Å². The molecule has 0 aliphatic carbocycles. The van der Waals surface area contributed by atoms with E-state index in [1.807, 2.05) is 6.07 Å². The molecule has 0 spiro atoms. The van der Waals surface area contributed by atoms with Crippen molar-refractivity contribution in [3.05, 3.63) is 28.5 Å². The average molecular weight is 267 g/mol. The number of halogens is 2. The Kier molecular flexibility index (Phi) is 6.24. The van der Waals surface area contributed by atoms with Gasteiger partial charge in [0, 0.05) is 22.9 Å². The molecule has 1 aromatic heterocycles. The predicted octanol–water partition coefficient (Wildman–Crippen LogP) is 1.61. The molecule has 1 aromatic rings.